The van der Waals surface area contributed by atoms with E-state index in [2.05, 4.69) is 15.5 Å². The molecule has 25 heavy (non-hydrogen) atoms. The van der Waals surface area contributed by atoms with Gasteiger partial charge in [-0.3, -0.25) is 14.0 Å². The van der Waals surface area contributed by atoms with Crippen LogP contribution in [0.4, 0.5) is 0 Å². The number of amides is 2. The molecular weight excluding hydrogens is 318 g/mol. The molecule has 2 aromatic heterocycles. The maximum absolute atomic E-state index is 12.9. The molecule has 7 nitrogen and oxygen atoms in total. The number of carbonyl (C=O) groups is 2. The van der Waals surface area contributed by atoms with Gasteiger partial charge in [0.2, 0.25) is 11.8 Å². The Bertz CT molecular complexity index is 770. The van der Waals surface area contributed by atoms with Gasteiger partial charge >= 0.3 is 0 Å². The quantitative estimate of drug-likeness (QED) is 0.914. The minimum Gasteiger partial charge on any atom is -0.344 e. The van der Waals surface area contributed by atoms with Crippen molar-refractivity contribution in [2.24, 2.45) is 5.92 Å². The molecule has 134 valence electrons. The summed E-state index contributed by atoms with van der Waals surface area (Å²) >= 11 is 0. The third kappa shape index (κ3) is 3.65. The van der Waals surface area contributed by atoms with E-state index in [1.54, 1.807) is 0 Å². The van der Waals surface area contributed by atoms with E-state index < -0.39 is 6.04 Å². The van der Waals surface area contributed by atoms with E-state index in [1.165, 1.54) is 6.92 Å². The standard InChI is InChI=1S/C18H25N5O2/c1-12(2)16(19-13(3)24)18(25)22-9-6-7-14(11-22)17-21-20-15-8-4-5-10-23(15)17/h4-5,8,10,12,14,16H,6-7,9,11H2,1-3H3,(H,19,24). The molecule has 3 rings (SSSR count). The highest BCUT2D eigenvalue weighted by Crippen LogP contribution is 2.27. The predicted octanol–water partition coefficient (Wildman–Crippen LogP) is 1.60. The molecule has 1 aliphatic heterocycles. The zero-order valence-corrected chi connectivity index (χ0v) is 15.0. The molecule has 2 amide bonds. The summed E-state index contributed by atoms with van der Waals surface area (Å²) in [4.78, 5) is 26.2. The summed E-state index contributed by atoms with van der Waals surface area (Å²) in [6, 6.07) is 5.34. The lowest BCUT2D eigenvalue weighted by Gasteiger charge is -2.35. The van der Waals surface area contributed by atoms with Gasteiger partial charge in [0.25, 0.3) is 0 Å². The number of hydrogen-bond acceptors (Lipinski definition) is 4. The molecule has 2 aromatic rings. The highest BCUT2D eigenvalue weighted by Gasteiger charge is 2.33. The van der Waals surface area contributed by atoms with Crippen molar-refractivity contribution < 1.29 is 9.59 Å². The van der Waals surface area contributed by atoms with Crippen LogP contribution in [0.2, 0.25) is 0 Å². The number of rotatable bonds is 4. The average molecular weight is 343 g/mol. The largest absolute Gasteiger partial charge is 0.344 e. The van der Waals surface area contributed by atoms with Gasteiger partial charge in [0.1, 0.15) is 11.9 Å². The predicted molar refractivity (Wildman–Crippen MR) is 94.0 cm³/mol. The van der Waals surface area contributed by atoms with E-state index in [9.17, 15) is 9.59 Å². The van der Waals surface area contributed by atoms with Crippen LogP contribution in [0.3, 0.4) is 0 Å². The van der Waals surface area contributed by atoms with Crippen LogP contribution in [0.25, 0.3) is 5.65 Å². The molecule has 1 aliphatic rings. The normalized spacial score (nSPS) is 19.2. The maximum atomic E-state index is 12.9. The molecule has 2 unspecified atom stereocenters. The van der Waals surface area contributed by atoms with Crippen molar-refractivity contribution in [1.29, 1.82) is 0 Å². The van der Waals surface area contributed by atoms with Crippen molar-refractivity contribution in [2.45, 2.75) is 45.6 Å². The fourth-order valence-electron chi connectivity index (χ4n) is 3.46. The first kappa shape index (κ1) is 17.4. The first-order chi connectivity index (χ1) is 12.0. The van der Waals surface area contributed by atoms with Crippen molar-refractivity contribution in [3.63, 3.8) is 0 Å². The average Bonchev–Trinajstić information content (AvgIpc) is 3.03. The summed E-state index contributed by atoms with van der Waals surface area (Å²) in [6.07, 6.45) is 3.86. The van der Waals surface area contributed by atoms with Crippen molar-refractivity contribution in [3.8, 4) is 0 Å². The lowest BCUT2D eigenvalue weighted by atomic mass is 9.95. The molecule has 3 heterocycles. The molecule has 2 atom stereocenters. The van der Waals surface area contributed by atoms with E-state index >= 15 is 0 Å². The van der Waals surface area contributed by atoms with Crippen LogP contribution in [-0.2, 0) is 9.59 Å². The van der Waals surface area contributed by atoms with Crippen LogP contribution < -0.4 is 5.32 Å². The molecule has 0 radical (unpaired) electrons. The molecular formula is C18H25N5O2. The highest BCUT2D eigenvalue weighted by atomic mass is 16.2. The number of fused-ring (bicyclic) bond motifs is 1. The van der Waals surface area contributed by atoms with Crippen molar-refractivity contribution in [1.82, 2.24) is 24.8 Å². The fraction of sp³-hybridized carbons (Fsp3) is 0.556. The minimum absolute atomic E-state index is 0.0104. The molecule has 0 spiro atoms. The summed E-state index contributed by atoms with van der Waals surface area (Å²) < 4.78 is 1.99. The molecule has 1 N–H and O–H groups in total. The van der Waals surface area contributed by atoms with Gasteiger partial charge in [-0.1, -0.05) is 19.9 Å². The molecule has 7 heteroatoms. The van der Waals surface area contributed by atoms with Gasteiger partial charge in [-0.05, 0) is 30.9 Å². The molecule has 0 bridgehead atoms. The van der Waals surface area contributed by atoms with E-state index in [0.717, 1.165) is 30.9 Å². The lowest BCUT2D eigenvalue weighted by molar-refractivity contribution is -0.138. The zero-order chi connectivity index (χ0) is 18.0. The highest BCUT2D eigenvalue weighted by molar-refractivity contribution is 5.87. The molecule has 1 fully saturated rings. The summed E-state index contributed by atoms with van der Waals surface area (Å²) in [5.41, 5.74) is 0.819. The number of pyridine rings is 1. The fourth-order valence-corrected chi connectivity index (χ4v) is 3.46. The molecule has 0 saturated carbocycles. The van der Waals surface area contributed by atoms with Crippen molar-refractivity contribution in [2.75, 3.05) is 13.1 Å². The molecule has 0 aliphatic carbocycles. The summed E-state index contributed by atoms with van der Waals surface area (Å²) in [6.45, 7) is 6.67. The van der Waals surface area contributed by atoms with Crippen molar-refractivity contribution in [3.05, 3.63) is 30.2 Å². The van der Waals surface area contributed by atoms with Gasteiger partial charge in [-0.2, -0.15) is 0 Å². The second-order valence-electron chi connectivity index (χ2n) is 7.03. The zero-order valence-electron chi connectivity index (χ0n) is 15.0. The van der Waals surface area contributed by atoms with Gasteiger partial charge in [0, 0.05) is 32.1 Å². The number of piperidine rings is 1. The maximum Gasteiger partial charge on any atom is 0.245 e. The Balaban J connectivity index is 1.78. The van der Waals surface area contributed by atoms with Crippen LogP contribution in [0.15, 0.2) is 24.4 Å². The summed E-state index contributed by atoms with van der Waals surface area (Å²) in [5.74, 6) is 0.910. The summed E-state index contributed by atoms with van der Waals surface area (Å²) in [7, 11) is 0. The third-order valence-corrected chi connectivity index (χ3v) is 4.73. The SMILES string of the molecule is CC(=O)NC(C(=O)N1CCCC(c2nnc3ccccn23)C1)C(C)C. The van der Waals surface area contributed by atoms with Crippen LogP contribution >= 0.6 is 0 Å². The Morgan fingerprint density at radius 1 is 1.28 bits per heavy atom. The van der Waals surface area contributed by atoms with E-state index in [-0.39, 0.29) is 23.7 Å². The van der Waals surface area contributed by atoms with Gasteiger partial charge in [0.15, 0.2) is 5.65 Å². The topological polar surface area (TPSA) is 79.6 Å². The number of nitrogens with zero attached hydrogens (tertiary/aromatic N) is 4. The Morgan fingerprint density at radius 2 is 2.08 bits per heavy atom. The van der Waals surface area contributed by atoms with E-state index in [4.69, 9.17) is 0 Å². The minimum atomic E-state index is -0.480. The van der Waals surface area contributed by atoms with Crippen LogP contribution in [-0.4, -0.2) is 50.4 Å². The Labute approximate surface area is 147 Å². The van der Waals surface area contributed by atoms with E-state index in [0.29, 0.717) is 6.54 Å². The second kappa shape index (κ2) is 7.21. The van der Waals surface area contributed by atoms with Crippen LogP contribution in [0.5, 0.6) is 0 Å². The van der Waals surface area contributed by atoms with Crippen molar-refractivity contribution >= 4 is 17.5 Å². The van der Waals surface area contributed by atoms with Gasteiger partial charge in [0.05, 0.1) is 0 Å². The molecule has 0 aromatic carbocycles. The second-order valence-corrected chi connectivity index (χ2v) is 7.03. The Kier molecular flexibility index (Phi) is 5.01. The Hall–Kier alpha value is -2.44. The number of likely N-dealkylation sites (tertiary alicyclic amines) is 1. The smallest absolute Gasteiger partial charge is 0.245 e. The number of hydrogen-bond donors (Lipinski definition) is 1. The van der Waals surface area contributed by atoms with Gasteiger partial charge in [-0.15, -0.1) is 10.2 Å². The van der Waals surface area contributed by atoms with Gasteiger partial charge in [-0.25, -0.2) is 0 Å². The number of nitrogens with one attached hydrogen (secondary N) is 1. The van der Waals surface area contributed by atoms with E-state index in [1.807, 2.05) is 47.5 Å². The number of carbonyl (C=O) groups excluding carboxylic acids is 2. The first-order valence-corrected chi connectivity index (χ1v) is 8.83. The van der Waals surface area contributed by atoms with Crippen LogP contribution in [0, 0.1) is 5.92 Å². The molecule has 1 saturated heterocycles. The Morgan fingerprint density at radius 3 is 2.80 bits per heavy atom. The number of aromatic nitrogens is 3. The van der Waals surface area contributed by atoms with Gasteiger partial charge < -0.3 is 10.2 Å². The first-order valence-electron chi connectivity index (χ1n) is 8.83. The summed E-state index contributed by atoms with van der Waals surface area (Å²) in [5, 5.41) is 11.4. The third-order valence-electron chi connectivity index (χ3n) is 4.73. The lowest BCUT2D eigenvalue weighted by Crippen LogP contribution is -2.52. The monoisotopic (exact) mass is 343 g/mol. The van der Waals surface area contributed by atoms with Crippen LogP contribution in [0.1, 0.15) is 45.4 Å².